The van der Waals surface area contributed by atoms with Gasteiger partial charge in [0.2, 0.25) is 0 Å². The average molecular weight is 492 g/mol. The summed E-state index contributed by atoms with van der Waals surface area (Å²) < 4.78 is 13.1. The predicted octanol–water partition coefficient (Wildman–Crippen LogP) is 2.34. The Morgan fingerprint density at radius 2 is 1.08 bits per heavy atom. The Morgan fingerprint density at radius 1 is 0.639 bits per heavy atom. The smallest absolute Gasteiger partial charge is 0.346 e. The Kier molecular flexibility index (Phi) is 6.55. The van der Waals surface area contributed by atoms with Gasteiger partial charge in [0.25, 0.3) is 0 Å². The summed E-state index contributed by atoms with van der Waals surface area (Å²) in [7, 11) is 0. The molecule has 1 N–H and O–H groups in total. The Labute approximate surface area is 202 Å². The summed E-state index contributed by atoms with van der Waals surface area (Å²) in [6.07, 6.45) is 5.19. The molecule has 6 rings (SSSR count). The molecule has 2 unspecified atom stereocenters. The van der Waals surface area contributed by atoms with Crippen molar-refractivity contribution in [3.63, 3.8) is 0 Å². The highest BCUT2D eigenvalue weighted by atomic mass is 16.6. The third-order valence-electron chi connectivity index (χ3n) is 5.68. The lowest BCUT2D eigenvalue weighted by Crippen LogP contribution is -2.18. The molecule has 182 valence electrons. The van der Waals surface area contributed by atoms with Crippen LogP contribution in [0.3, 0.4) is 0 Å². The van der Waals surface area contributed by atoms with Gasteiger partial charge in [0.05, 0.1) is 39.7 Å². The highest BCUT2D eigenvalue weighted by molar-refractivity contribution is 6.15. The van der Waals surface area contributed by atoms with Crippen LogP contribution in [0.5, 0.6) is 0 Å². The lowest BCUT2D eigenvalue weighted by molar-refractivity contribution is -0.153. The van der Waals surface area contributed by atoms with Crippen molar-refractivity contribution in [3.8, 4) is 0 Å². The summed E-state index contributed by atoms with van der Waals surface area (Å²) in [6.45, 7) is 0. The van der Waals surface area contributed by atoms with E-state index in [9.17, 15) is 33.6 Å². The lowest BCUT2D eigenvalue weighted by Gasteiger charge is -2.12. The fourth-order valence-electron chi connectivity index (χ4n) is 3.84. The number of carbonyl (C=O) groups excluding carboxylic acids is 6. The highest BCUT2D eigenvalue weighted by Crippen LogP contribution is 2.32. The van der Waals surface area contributed by atoms with Crippen LogP contribution in [-0.2, 0) is 23.8 Å². The van der Waals surface area contributed by atoms with Crippen molar-refractivity contribution in [1.29, 1.82) is 0 Å². The molecular weight excluding hydrogens is 476 g/mol. The molecule has 0 aromatic heterocycles. The van der Waals surface area contributed by atoms with Gasteiger partial charge in [-0.25, -0.2) is 24.0 Å². The van der Waals surface area contributed by atoms with Crippen LogP contribution in [-0.4, -0.2) is 46.9 Å². The molecule has 3 heterocycles. The Morgan fingerprint density at radius 3 is 1.56 bits per heavy atom. The number of allylic oxidation sites excluding steroid dienone is 2. The number of carbonyl (C=O) groups is 7. The van der Waals surface area contributed by atoms with Crippen LogP contribution in [0.4, 0.5) is 0 Å². The Balaban J connectivity index is 0.000000128. The van der Waals surface area contributed by atoms with Crippen LogP contribution in [0.25, 0.3) is 0 Å². The quantitative estimate of drug-likeness (QED) is 0.268. The van der Waals surface area contributed by atoms with Gasteiger partial charge in [0.15, 0.2) is 0 Å². The normalized spacial score (nSPS) is 20.6. The van der Waals surface area contributed by atoms with Crippen LogP contribution in [0.1, 0.15) is 64.6 Å². The summed E-state index contributed by atoms with van der Waals surface area (Å²) in [5, 5.41) is 8.63. The zero-order valence-electron chi connectivity index (χ0n) is 18.3. The minimum atomic E-state index is -1.15. The predicted molar refractivity (Wildman–Crippen MR) is 116 cm³/mol. The number of hydrogen-bond donors (Lipinski definition) is 1. The van der Waals surface area contributed by atoms with Gasteiger partial charge < -0.3 is 19.3 Å². The molecule has 3 aliphatic heterocycles. The molecule has 0 saturated carbocycles. The van der Waals surface area contributed by atoms with Crippen molar-refractivity contribution in [2.45, 2.75) is 12.8 Å². The number of carboxylic acid groups (broad SMARTS) is 1. The van der Waals surface area contributed by atoms with Crippen molar-refractivity contribution in [2.24, 2.45) is 11.8 Å². The molecule has 1 fully saturated rings. The molecule has 2 aromatic carbocycles. The molecule has 2 aromatic rings. The first-order valence-corrected chi connectivity index (χ1v) is 10.6. The third-order valence-corrected chi connectivity index (χ3v) is 5.68. The largest absolute Gasteiger partial charge is 0.478 e. The van der Waals surface area contributed by atoms with Gasteiger partial charge >= 0.3 is 41.8 Å². The van der Waals surface area contributed by atoms with Crippen molar-refractivity contribution in [2.75, 3.05) is 0 Å². The summed E-state index contributed by atoms with van der Waals surface area (Å²) in [5.74, 6) is -4.85. The van der Waals surface area contributed by atoms with Gasteiger partial charge in [-0.1, -0.05) is 24.3 Å². The summed E-state index contributed by atoms with van der Waals surface area (Å²) in [5.41, 5.74) is 0.792. The second-order valence-electron chi connectivity index (χ2n) is 7.86. The van der Waals surface area contributed by atoms with E-state index in [4.69, 9.17) is 5.11 Å². The van der Waals surface area contributed by atoms with Gasteiger partial charge in [-0.3, -0.25) is 9.59 Å². The molecule has 1 saturated heterocycles. The van der Waals surface area contributed by atoms with Crippen LogP contribution in [0.2, 0.25) is 0 Å². The molecule has 0 radical (unpaired) electrons. The molecule has 2 atom stereocenters. The first-order valence-electron chi connectivity index (χ1n) is 10.6. The van der Waals surface area contributed by atoms with Gasteiger partial charge in [-0.2, -0.15) is 0 Å². The van der Waals surface area contributed by atoms with Crippen LogP contribution in [0, 0.1) is 11.8 Å². The summed E-state index contributed by atoms with van der Waals surface area (Å²) in [6, 6.07) is 10.2. The van der Waals surface area contributed by atoms with E-state index in [0.717, 1.165) is 6.07 Å². The van der Waals surface area contributed by atoms with Crippen LogP contribution in [0.15, 0.2) is 54.6 Å². The number of ether oxygens (including phenoxy) is 3. The van der Waals surface area contributed by atoms with Crippen molar-refractivity contribution >= 4 is 41.8 Å². The highest BCUT2D eigenvalue weighted by Gasteiger charge is 2.43. The van der Waals surface area contributed by atoms with E-state index >= 15 is 0 Å². The molecule has 4 aliphatic rings. The van der Waals surface area contributed by atoms with E-state index in [1.54, 1.807) is 24.3 Å². The molecule has 11 heteroatoms. The number of fused-ring (bicyclic) bond motifs is 3. The number of aromatic carboxylic acids is 1. The second-order valence-corrected chi connectivity index (χ2v) is 7.86. The number of benzene rings is 2. The SMILES string of the molecule is O=C(O)c1ccc2c(c1)C(=O)OC2=O.O=C1OC(=O)C2CC=CCC12.O=C1OC(=O)c2ccccc21. The zero-order chi connectivity index (χ0) is 26.0. The van der Waals surface area contributed by atoms with E-state index in [-0.39, 0.29) is 40.5 Å². The van der Waals surface area contributed by atoms with Gasteiger partial charge in [-0.05, 0) is 43.2 Å². The summed E-state index contributed by atoms with van der Waals surface area (Å²) in [4.78, 5) is 76.1. The monoisotopic (exact) mass is 492 g/mol. The minimum absolute atomic E-state index is 0.00917. The molecule has 0 spiro atoms. The number of hydrogen-bond acceptors (Lipinski definition) is 10. The molecule has 11 nitrogen and oxygen atoms in total. The van der Waals surface area contributed by atoms with Crippen LogP contribution >= 0.6 is 0 Å². The standard InChI is InChI=1S/C9H4O5.C8H8O3.C8H4O3/c10-7(11)4-1-2-5-6(3-4)9(13)14-8(5)12;2*9-7-5-3-1-2-4-6(5)8(10)11-7/h1-3H,(H,10,11);1-2,5-6H,3-4H2;1-4H. The van der Waals surface area contributed by atoms with Crippen molar-refractivity contribution < 1.29 is 52.9 Å². The Hall–Kier alpha value is -4.93. The maximum atomic E-state index is 11.0. The maximum Gasteiger partial charge on any atom is 0.346 e. The first-order chi connectivity index (χ1) is 17.2. The molecular formula is C25H16O11. The topological polar surface area (TPSA) is 167 Å². The van der Waals surface area contributed by atoms with Gasteiger partial charge in [0.1, 0.15) is 0 Å². The van der Waals surface area contributed by atoms with Crippen molar-refractivity contribution in [3.05, 3.63) is 82.4 Å². The number of esters is 6. The second kappa shape index (κ2) is 9.74. The number of cyclic esters (lactones) is 6. The molecule has 36 heavy (non-hydrogen) atoms. The van der Waals surface area contributed by atoms with Gasteiger partial charge in [-0.15, -0.1) is 0 Å². The first kappa shape index (κ1) is 24.2. The minimum Gasteiger partial charge on any atom is -0.478 e. The Bertz CT molecular complexity index is 1310. The van der Waals surface area contributed by atoms with E-state index in [1.165, 1.54) is 12.1 Å². The van der Waals surface area contributed by atoms with E-state index in [2.05, 4.69) is 14.2 Å². The molecule has 1 aliphatic carbocycles. The third kappa shape index (κ3) is 4.67. The van der Waals surface area contributed by atoms with Crippen LogP contribution < -0.4 is 0 Å². The van der Waals surface area contributed by atoms with E-state index in [0.29, 0.717) is 24.0 Å². The van der Waals surface area contributed by atoms with Gasteiger partial charge in [0, 0.05) is 0 Å². The lowest BCUT2D eigenvalue weighted by atomic mass is 9.85. The number of rotatable bonds is 1. The molecule has 0 bridgehead atoms. The number of carboxylic acids is 1. The maximum absolute atomic E-state index is 11.0. The molecule has 0 amide bonds. The van der Waals surface area contributed by atoms with E-state index < -0.39 is 29.8 Å². The fraction of sp³-hybridized carbons (Fsp3) is 0.160. The zero-order valence-corrected chi connectivity index (χ0v) is 18.3. The fourth-order valence-corrected chi connectivity index (χ4v) is 3.84. The summed E-state index contributed by atoms with van der Waals surface area (Å²) >= 11 is 0. The average Bonchev–Trinajstić information content (AvgIpc) is 3.45. The van der Waals surface area contributed by atoms with Crippen molar-refractivity contribution in [1.82, 2.24) is 0 Å². The van der Waals surface area contributed by atoms with E-state index in [1.807, 2.05) is 12.2 Å².